The largest absolute Gasteiger partial charge is 0.355 e. The van der Waals surface area contributed by atoms with Crippen LogP contribution in [0, 0.1) is 5.92 Å². The highest BCUT2D eigenvalue weighted by atomic mass is 15.2. The summed E-state index contributed by atoms with van der Waals surface area (Å²) in [6, 6.07) is 1.20. The fraction of sp³-hybridized carbons (Fsp3) is 0.933. The van der Waals surface area contributed by atoms with Crippen molar-refractivity contribution in [2.75, 3.05) is 27.2 Å². The van der Waals surface area contributed by atoms with E-state index < -0.39 is 0 Å². The number of aliphatic imine (C=N–C) groups is 1. The number of guanidine groups is 1. The lowest BCUT2D eigenvalue weighted by molar-refractivity contribution is 0.277. The first-order chi connectivity index (χ1) is 9.02. The van der Waals surface area contributed by atoms with Crippen molar-refractivity contribution in [2.24, 2.45) is 10.9 Å². The molecule has 1 aliphatic carbocycles. The number of hydrogen-bond donors (Lipinski definition) is 2. The van der Waals surface area contributed by atoms with Crippen molar-refractivity contribution in [2.45, 2.75) is 58.5 Å². The fourth-order valence-electron chi connectivity index (χ4n) is 2.40. The Morgan fingerprint density at radius 1 is 1.26 bits per heavy atom. The SMILES string of the molecule is CN=C(NCCN(C)C(C)C)NC1CCC(C)CC1. The molecule has 0 unspecified atom stereocenters. The zero-order chi connectivity index (χ0) is 14.3. The Morgan fingerprint density at radius 2 is 1.89 bits per heavy atom. The molecule has 1 rings (SSSR count). The minimum Gasteiger partial charge on any atom is -0.355 e. The molecule has 4 nitrogen and oxygen atoms in total. The van der Waals surface area contributed by atoms with Crippen LogP contribution in [0.4, 0.5) is 0 Å². The van der Waals surface area contributed by atoms with Gasteiger partial charge in [-0.2, -0.15) is 0 Å². The van der Waals surface area contributed by atoms with E-state index >= 15 is 0 Å². The zero-order valence-corrected chi connectivity index (χ0v) is 13.4. The zero-order valence-electron chi connectivity index (χ0n) is 13.4. The summed E-state index contributed by atoms with van der Waals surface area (Å²) in [5.41, 5.74) is 0. The minimum atomic E-state index is 0.594. The summed E-state index contributed by atoms with van der Waals surface area (Å²) >= 11 is 0. The van der Waals surface area contributed by atoms with Gasteiger partial charge in [0.1, 0.15) is 0 Å². The van der Waals surface area contributed by atoms with Crippen molar-refractivity contribution >= 4 is 5.96 Å². The van der Waals surface area contributed by atoms with Gasteiger partial charge in [-0.1, -0.05) is 6.92 Å². The summed E-state index contributed by atoms with van der Waals surface area (Å²) < 4.78 is 0. The maximum atomic E-state index is 4.32. The maximum Gasteiger partial charge on any atom is 0.191 e. The number of nitrogens with zero attached hydrogens (tertiary/aromatic N) is 2. The molecule has 0 saturated heterocycles. The van der Waals surface area contributed by atoms with Gasteiger partial charge in [0, 0.05) is 32.2 Å². The highest BCUT2D eigenvalue weighted by Crippen LogP contribution is 2.23. The quantitative estimate of drug-likeness (QED) is 0.592. The Labute approximate surface area is 119 Å². The molecule has 0 aromatic heterocycles. The average molecular weight is 268 g/mol. The topological polar surface area (TPSA) is 39.7 Å². The molecular formula is C15H32N4. The predicted molar refractivity (Wildman–Crippen MR) is 83.7 cm³/mol. The summed E-state index contributed by atoms with van der Waals surface area (Å²) in [6.45, 7) is 8.77. The van der Waals surface area contributed by atoms with E-state index in [0.29, 0.717) is 12.1 Å². The molecule has 0 heterocycles. The van der Waals surface area contributed by atoms with Gasteiger partial charge in [0.15, 0.2) is 5.96 Å². The van der Waals surface area contributed by atoms with E-state index in [0.717, 1.165) is 25.0 Å². The molecule has 0 aromatic carbocycles. The molecule has 0 radical (unpaired) electrons. The minimum absolute atomic E-state index is 0.594. The van der Waals surface area contributed by atoms with E-state index in [1.165, 1.54) is 25.7 Å². The van der Waals surface area contributed by atoms with Crippen LogP contribution in [-0.2, 0) is 0 Å². The van der Waals surface area contributed by atoms with Crippen molar-refractivity contribution in [3.05, 3.63) is 0 Å². The summed E-state index contributed by atoms with van der Waals surface area (Å²) in [7, 11) is 4.01. The standard InChI is InChI=1S/C15H32N4/c1-12(2)19(5)11-10-17-15(16-4)18-14-8-6-13(3)7-9-14/h12-14H,6-11H2,1-5H3,(H2,16,17,18). The normalized spacial score (nSPS) is 24.9. The van der Waals surface area contributed by atoms with E-state index in [2.05, 4.69) is 48.3 Å². The summed E-state index contributed by atoms with van der Waals surface area (Å²) in [6.07, 6.45) is 5.22. The first-order valence-corrected chi connectivity index (χ1v) is 7.70. The van der Waals surface area contributed by atoms with Crippen LogP contribution in [0.3, 0.4) is 0 Å². The monoisotopic (exact) mass is 268 g/mol. The molecule has 0 bridgehead atoms. The molecule has 0 amide bonds. The van der Waals surface area contributed by atoms with Crippen LogP contribution in [0.5, 0.6) is 0 Å². The maximum absolute atomic E-state index is 4.32. The van der Waals surface area contributed by atoms with Crippen molar-refractivity contribution in [3.8, 4) is 0 Å². The van der Waals surface area contributed by atoms with Crippen molar-refractivity contribution in [1.29, 1.82) is 0 Å². The smallest absolute Gasteiger partial charge is 0.191 e. The van der Waals surface area contributed by atoms with E-state index in [9.17, 15) is 0 Å². The van der Waals surface area contributed by atoms with Crippen molar-refractivity contribution < 1.29 is 0 Å². The van der Waals surface area contributed by atoms with Crippen LogP contribution < -0.4 is 10.6 Å². The summed E-state index contributed by atoms with van der Waals surface area (Å²) in [5, 5.41) is 6.96. The lowest BCUT2D eigenvalue weighted by atomic mass is 9.87. The Kier molecular flexibility index (Phi) is 7.21. The van der Waals surface area contributed by atoms with Gasteiger partial charge in [0.05, 0.1) is 0 Å². The van der Waals surface area contributed by atoms with E-state index in [1.807, 2.05) is 7.05 Å². The van der Waals surface area contributed by atoms with E-state index in [4.69, 9.17) is 0 Å². The lowest BCUT2D eigenvalue weighted by Crippen LogP contribution is -2.46. The number of nitrogens with one attached hydrogen (secondary N) is 2. The van der Waals surface area contributed by atoms with Gasteiger partial charge >= 0.3 is 0 Å². The molecule has 2 N–H and O–H groups in total. The second-order valence-corrected chi connectivity index (χ2v) is 6.17. The second kappa shape index (κ2) is 8.41. The van der Waals surface area contributed by atoms with Crippen LogP contribution >= 0.6 is 0 Å². The van der Waals surface area contributed by atoms with Crippen LogP contribution in [-0.4, -0.2) is 50.1 Å². The van der Waals surface area contributed by atoms with Crippen LogP contribution in [0.25, 0.3) is 0 Å². The van der Waals surface area contributed by atoms with Crippen LogP contribution in [0.15, 0.2) is 4.99 Å². The molecular weight excluding hydrogens is 236 g/mol. The predicted octanol–water partition coefficient (Wildman–Crippen LogP) is 2.07. The fourth-order valence-corrected chi connectivity index (χ4v) is 2.40. The number of likely N-dealkylation sites (N-methyl/N-ethyl adjacent to an activating group) is 1. The Morgan fingerprint density at radius 3 is 2.42 bits per heavy atom. The second-order valence-electron chi connectivity index (χ2n) is 6.17. The number of hydrogen-bond acceptors (Lipinski definition) is 2. The molecule has 4 heteroatoms. The van der Waals surface area contributed by atoms with Crippen molar-refractivity contribution in [1.82, 2.24) is 15.5 Å². The molecule has 19 heavy (non-hydrogen) atoms. The molecule has 0 spiro atoms. The van der Waals surface area contributed by atoms with Gasteiger partial charge in [0.25, 0.3) is 0 Å². The van der Waals surface area contributed by atoms with Crippen LogP contribution in [0.1, 0.15) is 46.5 Å². The van der Waals surface area contributed by atoms with Crippen molar-refractivity contribution in [3.63, 3.8) is 0 Å². The third kappa shape index (κ3) is 6.28. The molecule has 0 aromatic rings. The van der Waals surface area contributed by atoms with Gasteiger partial charge in [0.2, 0.25) is 0 Å². The van der Waals surface area contributed by atoms with Gasteiger partial charge in [-0.15, -0.1) is 0 Å². The first kappa shape index (κ1) is 16.3. The molecule has 0 aliphatic heterocycles. The highest BCUT2D eigenvalue weighted by Gasteiger charge is 2.18. The van der Waals surface area contributed by atoms with Gasteiger partial charge in [-0.3, -0.25) is 4.99 Å². The third-order valence-corrected chi connectivity index (χ3v) is 4.22. The first-order valence-electron chi connectivity index (χ1n) is 7.70. The summed E-state index contributed by atoms with van der Waals surface area (Å²) in [4.78, 5) is 6.65. The Balaban J connectivity index is 2.23. The molecule has 1 aliphatic rings. The Bertz CT molecular complexity index is 267. The molecule has 1 saturated carbocycles. The van der Waals surface area contributed by atoms with Gasteiger partial charge in [-0.25, -0.2) is 0 Å². The molecule has 0 atom stereocenters. The van der Waals surface area contributed by atoms with Gasteiger partial charge < -0.3 is 15.5 Å². The van der Waals surface area contributed by atoms with Gasteiger partial charge in [-0.05, 0) is 52.5 Å². The third-order valence-electron chi connectivity index (χ3n) is 4.22. The molecule has 112 valence electrons. The Hall–Kier alpha value is -0.770. The van der Waals surface area contributed by atoms with Crippen LogP contribution in [0.2, 0.25) is 0 Å². The number of rotatable bonds is 5. The molecule has 1 fully saturated rings. The van der Waals surface area contributed by atoms with E-state index in [-0.39, 0.29) is 0 Å². The highest BCUT2D eigenvalue weighted by molar-refractivity contribution is 5.79. The summed E-state index contributed by atoms with van der Waals surface area (Å²) in [5.74, 6) is 1.85. The van der Waals surface area contributed by atoms with E-state index in [1.54, 1.807) is 0 Å². The average Bonchev–Trinajstić information content (AvgIpc) is 2.39. The lowest BCUT2D eigenvalue weighted by Gasteiger charge is -2.28.